The smallest absolute Gasteiger partial charge is 0.142 e. The van der Waals surface area contributed by atoms with Crippen LogP contribution in [-0.4, -0.2) is 19.3 Å². The molecule has 0 aromatic heterocycles. The van der Waals surface area contributed by atoms with Crippen LogP contribution in [0, 0.1) is 0 Å². The first-order valence-electron chi connectivity index (χ1n) is 9.60. The maximum absolute atomic E-state index is 5.92. The molecule has 0 aliphatic rings. The molecule has 0 fully saturated rings. The van der Waals surface area contributed by atoms with E-state index in [-0.39, 0.29) is 6.10 Å². The van der Waals surface area contributed by atoms with Crippen molar-refractivity contribution < 1.29 is 14.2 Å². The first-order valence-corrected chi connectivity index (χ1v) is 9.60. The van der Waals surface area contributed by atoms with Crippen LogP contribution < -0.4 is 19.5 Å². The molecule has 4 nitrogen and oxygen atoms in total. The summed E-state index contributed by atoms with van der Waals surface area (Å²) in [5, 5.41) is 3.46. The first-order chi connectivity index (χ1) is 13.7. The van der Waals surface area contributed by atoms with Crippen LogP contribution in [-0.2, 0) is 6.54 Å². The van der Waals surface area contributed by atoms with E-state index in [0.717, 1.165) is 28.5 Å². The average Bonchev–Trinajstić information content (AvgIpc) is 2.72. The number of rotatable bonds is 10. The summed E-state index contributed by atoms with van der Waals surface area (Å²) < 4.78 is 17.5. The fourth-order valence-electron chi connectivity index (χ4n) is 2.78. The van der Waals surface area contributed by atoms with Gasteiger partial charge in [0.25, 0.3) is 0 Å². The van der Waals surface area contributed by atoms with Crippen molar-refractivity contribution in [3.8, 4) is 17.2 Å². The lowest BCUT2D eigenvalue weighted by molar-refractivity contribution is 0.218. The average molecular weight is 377 g/mol. The molecule has 0 radical (unpaired) electrons. The second kappa shape index (κ2) is 10.3. The molecule has 0 amide bonds. The highest BCUT2D eigenvalue weighted by atomic mass is 16.5. The van der Waals surface area contributed by atoms with Crippen molar-refractivity contribution in [3.05, 3.63) is 84.4 Å². The predicted molar refractivity (Wildman–Crippen MR) is 113 cm³/mol. The molecule has 0 aliphatic heterocycles. The molecule has 0 heterocycles. The lowest BCUT2D eigenvalue weighted by Gasteiger charge is -2.17. The molecule has 0 aliphatic carbocycles. The summed E-state index contributed by atoms with van der Waals surface area (Å²) in [5.41, 5.74) is 2.06. The third-order valence-corrected chi connectivity index (χ3v) is 4.04. The molecule has 1 N–H and O–H groups in total. The minimum atomic E-state index is 0.140. The fourth-order valence-corrected chi connectivity index (χ4v) is 2.78. The minimum Gasteiger partial charge on any atom is -0.491 e. The Balaban J connectivity index is 1.55. The Bertz CT molecular complexity index is 849. The van der Waals surface area contributed by atoms with Gasteiger partial charge in [0, 0.05) is 12.1 Å². The molecule has 0 spiro atoms. The first kappa shape index (κ1) is 19.6. The van der Waals surface area contributed by atoms with E-state index in [0.29, 0.717) is 19.8 Å². The Morgan fingerprint density at radius 2 is 1.36 bits per heavy atom. The van der Waals surface area contributed by atoms with Gasteiger partial charge in [-0.3, -0.25) is 0 Å². The summed E-state index contributed by atoms with van der Waals surface area (Å²) in [4.78, 5) is 0. The van der Waals surface area contributed by atoms with Crippen molar-refractivity contribution in [1.29, 1.82) is 0 Å². The maximum Gasteiger partial charge on any atom is 0.142 e. The lowest BCUT2D eigenvalue weighted by atomic mass is 10.2. The molecule has 0 saturated heterocycles. The molecule has 28 heavy (non-hydrogen) atoms. The zero-order valence-corrected chi connectivity index (χ0v) is 16.4. The summed E-state index contributed by atoms with van der Waals surface area (Å²) in [6, 6.07) is 25.8. The maximum atomic E-state index is 5.92. The topological polar surface area (TPSA) is 39.7 Å². The molecule has 3 aromatic carbocycles. The Morgan fingerprint density at radius 1 is 0.714 bits per heavy atom. The van der Waals surface area contributed by atoms with E-state index in [4.69, 9.17) is 14.2 Å². The van der Waals surface area contributed by atoms with E-state index in [1.54, 1.807) is 0 Å². The van der Waals surface area contributed by atoms with Crippen molar-refractivity contribution in [2.75, 3.05) is 18.5 Å². The van der Waals surface area contributed by atoms with Crippen molar-refractivity contribution in [2.24, 2.45) is 0 Å². The quantitative estimate of drug-likeness (QED) is 0.471. The van der Waals surface area contributed by atoms with Crippen LogP contribution in [0.5, 0.6) is 17.2 Å². The minimum absolute atomic E-state index is 0.140. The zero-order valence-electron chi connectivity index (χ0n) is 16.4. The molecule has 3 aromatic rings. The number of benzene rings is 3. The molecule has 0 bridgehead atoms. The van der Waals surface area contributed by atoms with Crippen molar-refractivity contribution >= 4 is 5.69 Å². The molecule has 0 saturated carbocycles. The molecular formula is C24H27NO3. The van der Waals surface area contributed by atoms with E-state index >= 15 is 0 Å². The summed E-state index contributed by atoms with van der Waals surface area (Å²) >= 11 is 0. The summed E-state index contributed by atoms with van der Waals surface area (Å²) in [6.07, 6.45) is 0.140. The van der Waals surface area contributed by atoms with E-state index in [2.05, 4.69) is 11.4 Å². The highest BCUT2D eigenvalue weighted by molar-refractivity contribution is 5.56. The second-order valence-corrected chi connectivity index (χ2v) is 6.63. The number of hydrogen-bond acceptors (Lipinski definition) is 4. The Morgan fingerprint density at radius 3 is 2.14 bits per heavy atom. The van der Waals surface area contributed by atoms with Crippen LogP contribution in [0.1, 0.15) is 19.4 Å². The van der Waals surface area contributed by atoms with E-state index in [9.17, 15) is 0 Å². The van der Waals surface area contributed by atoms with Crippen LogP contribution in [0.2, 0.25) is 0 Å². The largest absolute Gasteiger partial charge is 0.491 e. The Kier molecular flexibility index (Phi) is 7.19. The van der Waals surface area contributed by atoms with Gasteiger partial charge in [-0.1, -0.05) is 48.5 Å². The van der Waals surface area contributed by atoms with E-state index in [1.807, 2.05) is 86.6 Å². The second-order valence-electron chi connectivity index (χ2n) is 6.63. The van der Waals surface area contributed by atoms with Crippen LogP contribution in [0.15, 0.2) is 78.9 Å². The third-order valence-electron chi connectivity index (χ3n) is 4.04. The third kappa shape index (κ3) is 5.95. The SMILES string of the molecule is CC(C)Oc1ccccc1CNc1ccccc1OCCOc1ccccc1. The fraction of sp³-hybridized carbons (Fsp3) is 0.250. The van der Waals surface area contributed by atoms with Gasteiger partial charge in [0.05, 0.1) is 11.8 Å². The normalized spacial score (nSPS) is 10.5. The molecule has 0 unspecified atom stereocenters. The van der Waals surface area contributed by atoms with Gasteiger partial charge in [-0.2, -0.15) is 0 Å². The highest BCUT2D eigenvalue weighted by Gasteiger charge is 2.07. The molecular weight excluding hydrogens is 350 g/mol. The van der Waals surface area contributed by atoms with Crippen LogP contribution in [0.4, 0.5) is 5.69 Å². The molecule has 146 valence electrons. The number of hydrogen-bond donors (Lipinski definition) is 1. The monoisotopic (exact) mass is 377 g/mol. The number of nitrogens with one attached hydrogen (secondary N) is 1. The standard InChI is InChI=1S/C24H27NO3/c1-19(2)28-23-14-8-6-10-20(23)18-25-22-13-7-9-15-24(22)27-17-16-26-21-11-4-3-5-12-21/h3-15,19,25H,16-18H2,1-2H3. The van der Waals surface area contributed by atoms with Gasteiger partial charge >= 0.3 is 0 Å². The van der Waals surface area contributed by atoms with Crippen LogP contribution in [0.25, 0.3) is 0 Å². The molecule has 4 heteroatoms. The van der Waals surface area contributed by atoms with Gasteiger partial charge in [-0.25, -0.2) is 0 Å². The zero-order chi connectivity index (χ0) is 19.6. The number of anilines is 1. The highest BCUT2D eigenvalue weighted by Crippen LogP contribution is 2.26. The van der Waals surface area contributed by atoms with Crippen molar-refractivity contribution in [1.82, 2.24) is 0 Å². The van der Waals surface area contributed by atoms with E-state index in [1.165, 1.54) is 0 Å². The van der Waals surface area contributed by atoms with Gasteiger partial charge in [-0.05, 0) is 44.2 Å². The lowest BCUT2D eigenvalue weighted by Crippen LogP contribution is -2.11. The van der Waals surface area contributed by atoms with Gasteiger partial charge in [0.2, 0.25) is 0 Å². The number of para-hydroxylation sites is 4. The van der Waals surface area contributed by atoms with Crippen LogP contribution in [0.3, 0.4) is 0 Å². The van der Waals surface area contributed by atoms with Crippen LogP contribution >= 0.6 is 0 Å². The summed E-state index contributed by atoms with van der Waals surface area (Å²) in [6.45, 7) is 5.68. The van der Waals surface area contributed by atoms with Gasteiger partial charge in [-0.15, -0.1) is 0 Å². The number of ether oxygens (including phenoxy) is 3. The molecule has 0 atom stereocenters. The van der Waals surface area contributed by atoms with Gasteiger partial charge < -0.3 is 19.5 Å². The predicted octanol–water partition coefficient (Wildman–Crippen LogP) is 5.54. The van der Waals surface area contributed by atoms with Gasteiger partial charge in [0.1, 0.15) is 30.5 Å². The van der Waals surface area contributed by atoms with E-state index < -0.39 is 0 Å². The molecule has 3 rings (SSSR count). The summed E-state index contributed by atoms with van der Waals surface area (Å²) in [7, 11) is 0. The summed E-state index contributed by atoms with van der Waals surface area (Å²) in [5.74, 6) is 2.56. The van der Waals surface area contributed by atoms with Crippen molar-refractivity contribution in [2.45, 2.75) is 26.5 Å². The Labute approximate surface area is 167 Å². The van der Waals surface area contributed by atoms with Crippen molar-refractivity contribution in [3.63, 3.8) is 0 Å². The Hall–Kier alpha value is -3.14. The van der Waals surface area contributed by atoms with Gasteiger partial charge in [0.15, 0.2) is 0 Å².